The summed E-state index contributed by atoms with van der Waals surface area (Å²) in [5.74, 6) is 0. The van der Waals surface area contributed by atoms with Crippen molar-refractivity contribution in [2.75, 3.05) is 0 Å². The van der Waals surface area contributed by atoms with Crippen LogP contribution in [0.25, 0.3) is 0 Å². The van der Waals surface area contributed by atoms with Crippen LogP contribution in [0.4, 0.5) is 0 Å². The van der Waals surface area contributed by atoms with E-state index in [-0.39, 0.29) is 0 Å². The third-order valence-corrected chi connectivity index (χ3v) is 4.05. The smallest absolute Gasteiger partial charge is 0.0408 e. The molecule has 3 rings (SSSR count). The van der Waals surface area contributed by atoms with E-state index in [2.05, 4.69) is 48.6 Å². The summed E-state index contributed by atoms with van der Waals surface area (Å²) >= 11 is 6.04. The van der Waals surface area contributed by atoms with Gasteiger partial charge in [-0.1, -0.05) is 47.5 Å². The zero-order valence-electron chi connectivity index (χ0n) is 11.1. The molecule has 0 spiro atoms. The van der Waals surface area contributed by atoms with Gasteiger partial charge in [0.2, 0.25) is 0 Å². The van der Waals surface area contributed by atoms with E-state index < -0.39 is 0 Å². The van der Waals surface area contributed by atoms with E-state index in [1.165, 1.54) is 22.3 Å². The molecule has 0 radical (unpaired) electrons. The van der Waals surface area contributed by atoms with Gasteiger partial charge in [0.1, 0.15) is 0 Å². The van der Waals surface area contributed by atoms with Crippen LogP contribution in [0, 0.1) is 6.92 Å². The maximum Gasteiger partial charge on any atom is 0.0408 e. The molecule has 2 heteroatoms. The number of fused-ring (bicyclic) bond motifs is 1. The number of nitrogens with one attached hydrogen (secondary N) is 1. The van der Waals surface area contributed by atoms with Crippen molar-refractivity contribution < 1.29 is 0 Å². The first-order valence-corrected chi connectivity index (χ1v) is 7.15. The molecule has 1 aliphatic rings. The highest BCUT2D eigenvalue weighted by atomic mass is 35.5. The fraction of sp³-hybridized carbons (Fsp3) is 0.294. The van der Waals surface area contributed by atoms with E-state index in [0.717, 1.165) is 24.4 Å². The molecular weight excluding hydrogens is 254 g/mol. The van der Waals surface area contributed by atoms with Crippen LogP contribution in [0.1, 0.15) is 22.3 Å². The minimum Gasteiger partial charge on any atom is -0.309 e. The lowest BCUT2D eigenvalue weighted by molar-refractivity contribution is 0.533. The quantitative estimate of drug-likeness (QED) is 0.893. The van der Waals surface area contributed by atoms with E-state index in [4.69, 9.17) is 11.6 Å². The Morgan fingerprint density at radius 2 is 1.79 bits per heavy atom. The molecule has 0 heterocycles. The van der Waals surface area contributed by atoms with Gasteiger partial charge in [-0.3, -0.25) is 0 Å². The summed E-state index contributed by atoms with van der Waals surface area (Å²) in [4.78, 5) is 0. The van der Waals surface area contributed by atoms with Crippen molar-refractivity contribution in [3.63, 3.8) is 0 Å². The standard InChI is InChI=1S/C17H18ClN/c1-12-2-4-13(5-3-12)11-19-17-9-14-6-7-16(18)8-15(14)10-17/h2-8,17,19H,9-11H2,1H3. The van der Waals surface area contributed by atoms with E-state index in [9.17, 15) is 0 Å². The van der Waals surface area contributed by atoms with Crippen molar-refractivity contribution in [2.45, 2.75) is 32.4 Å². The van der Waals surface area contributed by atoms with E-state index in [0.29, 0.717) is 6.04 Å². The predicted molar refractivity (Wildman–Crippen MR) is 80.7 cm³/mol. The van der Waals surface area contributed by atoms with Crippen molar-refractivity contribution in [2.24, 2.45) is 0 Å². The number of hydrogen-bond acceptors (Lipinski definition) is 1. The lowest BCUT2D eigenvalue weighted by atomic mass is 10.1. The molecule has 0 bridgehead atoms. The number of benzene rings is 2. The van der Waals surface area contributed by atoms with Crippen LogP contribution in [0.2, 0.25) is 5.02 Å². The Bertz CT molecular complexity index is 574. The largest absolute Gasteiger partial charge is 0.309 e. The molecule has 1 N–H and O–H groups in total. The molecule has 1 aliphatic carbocycles. The summed E-state index contributed by atoms with van der Waals surface area (Å²) in [6.45, 7) is 3.06. The summed E-state index contributed by atoms with van der Waals surface area (Å²) in [6, 6.07) is 15.5. The highest BCUT2D eigenvalue weighted by Gasteiger charge is 2.20. The average Bonchev–Trinajstić information content (AvgIpc) is 2.80. The lowest BCUT2D eigenvalue weighted by Gasteiger charge is -2.12. The van der Waals surface area contributed by atoms with Crippen LogP contribution in [0.5, 0.6) is 0 Å². The van der Waals surface area contributed by atoms with Gasteiger partial charge in [-0.05, 0) is 48.6 Å². The maximum atomic E-state index is 6.04. The average molecular weight is 272 g/mol. The predicted octanol–water partition coefficient (Wildman–Crippen LogP) is 3.91. The summed E-state index contributed by atoms with van der Waals surface area (Å²) in [5, 5.41) is 4.49. The van der Waals surface area contributed by atoms with Crippen LogP contribution in [0.15, 0.2) is 42.5 Å². The number of aryl methyl sites for hydroxylation is 1. The van der Waals surface area contributed by atoms with Crippen LogP contribution in [-0.4, -0.2) is 6.04 Å². The summed E-state index contributed by atoms with van der Waals surface area (Å²) in [7, 11) is 0. The molecule has 1 unspecified atom stereocenters. The molecule has 0 fully saturated rings. The zero-order chi connectivity index (χ0) is 13.2. The van der Waals surface area contributed by atoms with Crippen LogP contribution < -0.4 is 5.32 Å². The molecule has 1 nitrogen and oxygen atoms in total. The van der Waals surface area contributed by atoms with Gasteiger partial charge >= 0.3 is 0 Å². The zero-order valence-corrected chi connectivity index (χ0v) is 11.9. The van der Waals surface area contributed by atoms with Gasteiger partial charge in [0.15, 0.2) is 0 Å². The van der Waals surface area contributed by atoms with Gasteiger partial charge in [0, 0.05) is 17.6 Å². The maximum absolute atomic E-state index is 6.04. The Balaban J connectivity index is 1.60. The van der Waals surface area contributed by atoms with Gasteiger partial charge in [-0.15, -0.1) is 0 Å². The molecule has 1 atom stereocenters. The van der Waals surface area contributed by atoms with Gasteiger partial charge < -0.3 is 5.32 Å². The molecule has 0 amide bonds. The minimum atomic E-state index is 0.537. The molecule has 0 aliphatic heterocycles. The van der Waals surface area contributed by atoms with Crippen molar-refractivity contribution >= 4 is 11.6 Å². The number of hydrogen-bond donors (Lipinski definition) is 1. The first kappa shape index (κ1) is 12.7. The molecular formula is C17H18ClN. The van der Waals surface area contributed by atoms with Gasteiger partial charge in [0.05, 0.1) is 0 Å². The molecule has 98 valence electrons. The Morgan fingerprint density at radius 3 is 2.58 bits per heavy atom. The first-order chi connectivity index (χ1) is 9.20. The summed E-state index contributed by atoms with van der Waals surface area (Å²) in [5.41, 5.74) is 5.49. The monoisotopic (exact) mass is 271 g/mol. The normalized spacial score (nSPS) is 17.5. The Labute approximate surface area is 119 Å². The fourth-order valence-electron chi connectivity index (χ4n) is 2.70. The molecule has 0 saturated carbocycles. The van der Waals surface area contributed by atoms with Crippen molar-refractivity contribution in [3.05, 3.63) is 69.7 Å². The second kappa shape index (κ2) is 5.36. The van der Waals surface area contributed by atoms with Gasteiger partial charge in [0.25, 0.3) is 0 Å². The van der Waals surface area contributed by atoms with Crippen LogP contribution in [0.3, 0.4) is 0 Å². The van der Waals surface area contributed by atoms with Crippen LogP contribution >= 0.6 is 11.6 Å². The highest BCUT2D eigenvalue weighted by Crippen LogP contribution is 2.25. The number of halogens is 1. The highest BCUT2D eigenvalue weighted by molar-refractivity contribution is 6.30. The molecule has 0 saturated heterocycles. The summed E-state index contributed by atoms with van der Waals surface area (Å²) < 4.78 is 0. The SMILES string of the molecule is Cc1ccc(CNC2Cc3ccc(Cl)cc3C2)cc1. The Hall–Kier alpha value is -1.31. The fourth-order valence-corrected chi connectivity index (χ4v) is 2.89. The number of rotatable bonds is 3. The van der Waals surface area contributed by atoms with E-state index >= 15 is 0 Å². The molecule has 19 heavy (non-hydrogen) atoms. The van der Waals surface area contributed by atoms with Crippen LogP contribution in [-0.2, 0) is 19.4 Å². The lowest BCUT2D eigenvalue weighted by Crippen LogP contribution is -2.28. The van der Waals surface area contributed by atoms with Crippen molar-refractivity contribution in [1.29, 1.82) is 0 Å². The second-order valence-corrected chi connectivity index (χ2v) is 5.82. The third-order valence-electron chi connectivity index (χ3n) is 3.82. The third kappa shape index (κ3) is 2.99. The van der Waals surface area contributed by atoms with Gasteiger partial charge in [-0.25, -0.2) is 0 Å². The summed E-state index contributed by atoms with van der Waals surface area (Å²) in [6.07, 6.45) is 2.19. The van der Waals surface area contributed by atoms with E-state index in [1.54, 1.807) is 0 Å². The van der Waals surface area contributed by atoms with Crippen molar-refractivity contribution in [1.82, 2.24) is 5.32 Å². The Kier molecular flexibility index (Phi) is 3.58. The van der Waals surface area contributed by atoms with Gasteiger partial charge in [-0.2, -0.15) is 0 Å². The Morgan fingerprint density at radius 1 is 1.05 bits per heavy atom. The molecule has 0 aromatic heterocycles. The molecule has 2 aromatic carbocycles. The topological polar surface area (TPSA) is 12.0 Å². The van der Waals surface area contributed by atoms with Crippen molar-refractivity contribution in [3.8, 4) is 0 Å². The molecule has 2 aromatic rings. The first-order valence-electron chi connectivity index (χ1n) is 6.77. The second-order valence-electron chi connectivity index (χ2n) is 5.38. The minimum absolute atomic E-state index is 0.537. The van der Waals surface area contributed by atoms with E-state index in [1.807, 2.05) is 6.07 Å².